The Labute approximate surface area is 148 Å². The van der Waals surface area contributed by atoms with Crippen molar-refractivity contribution in [2.24, 2.45) is 0 Å². The molecule has 0 unspecified atom stereocenters. The van der Waals surface area contributed by atoms with Crippen molar-refractivity contribution < 1.29 is 9.90 Å². The van der Waals surface area contributed by atoms with Crippen molar-refractivity contribution in [2.45, 2.75) is 12.8 Å². The Kier molecular flexibility index (Phi) is 3.86. The minimum Gasteiger partial charge on any atom is -0.476 e. The summed E-state index contributed by atoms with van der Waals surface area (Å²) in [7, 11) is 0. The summed E-state index contributed by atoms with van der Waals surface area (Å²) in [4.78, 5) is 15.7. The van der Waals surface area contributed by atoms with E-state index in [2.05, 4.69) is 22.2 Å². The molecule has 0 aliphatic heterocycles. The molecular formula is C19H14ClN3O2. The lowest BCUT2D eigenvalue weighted by Gasteiger charge is -2.15. The number of hydrogen-bond acceptors (Lipinski definition) is 3. The van der Waals surface area contributed by atoms with Crippen molar-refractivity contribution in [3.05, 3.63) is 71.0 Å². The van der Waals surface area contributed by atoms with Crippen molar-refractivity contribution in [3.63, 3.8) is 0 Å². The molecule has 0 bridgehead atoms. The second-order valence-corrected chi connectivity index (χ2v) is 6.23. The molecule has 25 heavy (non-hydrogen) atoms. The number of hydrogen-bond donors (Lipinski definition) is 1. The Morgan fingerprint density at radius 3 is 2.72 bits per heavy atom. The predicted molar refractivity (Wildman–Crippen MR) is 96.7 cm³/mol. The van der Waals surface area contributed by atoms with Crippen molar-refractivity contribution in [2.75, 3.05) is 0 Å². The second kappa shape index (κ2) is 6.18. The average molecular weight is 352 g/mol. The highest BCUT2D eigenvalue weighted by Gasteiger charge is 2.18. The molecule has 0 saturated heterocycles. The highest BCUT2D eigenvalue weighted by molar-refractivity contribution is 6.30. The van der Waals surface area contributed by atoms with Gasteiger partial charge in [-0.3, -0.25) is 0 Å². The molecule has 0 fully saturated rings. The maximum absolute atomic E-state index is 11.3. The summed E-state index contributed by atoms with van der Waals surface area (Å²) >= 11 is 6.02. The number of carboxylic acid groups (broad SMARTS) is 1. The van der Waals surface area contributed by atoms with Gasteiger partial charge in [0, 0.05) is 28.4 Å². The molecule has 6 heteroatoms. The van der Waals surface area contributed by atoms with Crippen LogP contribution >= 0.6 is 11.6 Å². The van der Waals surface area contributed by atoms with Gasteiger partial charge in [-0.1, -0.05) is 42.0 Å². The average Bonchev–Trinajstić information content (AvgIpc) is 3.07. The summed E-state index contributed by atoms with van der Waals surface area (Å²) in [5, 5.41) is 14.1. The Morgan fingerprint density at radius 2 is 2.04 bits per heavy atom. The van der Waals surface area contributed by atoms with E-state index in [0.717, 1.165) is 35.2 Å². The highest BCUT2D eigenvalue weighted by Crippen LogP contribution is 2.33. The molecule has 0 saturated carbocycles. The third-order valence-electron chi connectivity index (χ3n) is 4.18. The molecule has 2 aromatic heterocycles. The van der Waals surface area contributed by atoms with Gasteiger partial charge in [-0.15, -0.1) is 0 Å². The number of nitrogens with zero attached hydrogens (tertiary/aromatic N) is 3. The van der Waals surface area contributed by atoms with Crippen LogP contribution in [0.4, 0.5) is 0 Å². The monoisotopic (exact) mass is 351 g/mol. The van der Waals surface area contributed by atoms with Crippen molar-refractivity contribution >= 4 is 28.8 Å². The summed E-state index contributed by atoms with van der Waals surface area (Å²) in [5.41, 5.74) is 4.28. The van der Waals surface area contributed by atoms with Crippen LogP contribution in [0.1, 0.15) is 28.9 Å². The molecule has 3 aromatic rings. The standard InChI is InChI=1S/C19H14ClN3O2/c20-14-8-6-13(7-9-14)18-15(12-4-2-1-3-5-12)11-21-17-10-16(19(24)25)22-23(17)18/h1-2,4,6-11H,3,5H2,(H,24,25). The van der Waals surface area contributed by atoms with Crippen molar-refractivity contribution in [1.29, 1.82) is 0 Å². The van der Waals surface area contributed by atoms with Crippen LogP contribution in [-0.2, 0) is 0 Å². The van der Waals surface area contributed by atoms with Crippen LogP contribution in [0.2, 0.25) is 5.02 Å². The first-order valence-electron chi connectivity index (χ1n) is 7.87. The molecule has 0 amide bonds. The molecule has 0 radical (unpaired) electrons. The minimum atomic E-state index is -1.08. The van der Waals surface area contributed by atoms with E-state index in [1.165, 1.54) is 6.07 Å². The van der Waals surface area contributed by atoms with Crippen LogP contribution in [0, 0.1) is 0 Å². The largest absolute Gasteiger partial charge is 0.476 e. The minimum absolute atomic E-state index is 0.0302. The fourth-order valence-corrected chi connectivity index (χ4v) is 3.11. The molecule has 1 aromatic carbocycles. The predicted octanol–water partition coefficient (Wildman–Crippen LogP) is 4.48. The van der Waals surface area contributed by atoms with Crippen LogP contribution < -0.4 is 0 Å². The summed E-state index contributed by atoms with van der Waals surface area (Å²) in [6, 6.07) is 8.90. The summed E-state index contributed by atoms with van der Waals surface area (Å²) in [5.74, 6) is -1.08. The van der Waals surface area contributed by atoms with Gasteiger partial charge in [-0.2, -0.15) is 5.10 Å². The molecule has 4 rings (SSSR count). The maximum atomic E-state index is 11.3. The summed E-state index contributed by atoms with van der Waals surface area (Å²) in [6.45, 7) is 0. The van der Waals surface area contributed by atoms with Crippen molar-refractivity contribution in [1.82, 2.24) is 14.6 Å². The number of fused-ring (bicyclic) bond motifs is 1. The number of carboxylic acids is 1. The van der Waals surface area contributed by atoms with Crippen molar-refractivity contribution in [3.8, 4) is 11.3 Å². The number of rotatable bonds is 3. The van der Waals surface area contributed by atoms with E-state index in [1.807, 2.05) is 30.3 Å². The number of aromatic nitrogens is 3. The van der Waals surface area contributed by atoms with Gasteiger partial charge in [0.05, 0.1) is 5.69 Å². The van der Waals surface area contributed by atoms with Crippen LogP contribution in [0.5, 0.6) is 0 Å². The molecule has 124 valence electrons. The molecule has 1 aliphatic carbocycles. The first-order chi connectivity index (χ1) is 12.1. The van der Waals surface area contributed by atoms with Gasteiger partial charge in [-0.25, -0.2) is 14.3 Å². The zero-order valence-electron chi connectivity index (χ0n) is 13.2. The van der Waals surface area contributed by atoms with E-state index in [1.54, 1.807) is 10.7 Å². The van der Waals surface area contributed by atoms with Crippen LogP contribution in [-0.4, -0.2) is 25.7 Å². The number of benzene rings is 1. The smallest absolute Gasteiger partial charge is 0.356 e. The van der Waals surface area contributed by atoms with Crippen LogP contribution in [0.15, 0.2) is 54.8 Å². The SMILES string of the molecule is O=C(O)c1cc2ncc(C3=CC=CCC3)c(-c3ccc(Cl)cc3)n2n1. The summed E-state index contributed by atoms with van der Waals surface area (Å²) in [6.07, 6.45) is 9.86. The lowest BCUT2D eigenvalue weighted by molar-refractivity contribution is 0.0690. The maximum Gasteiger partial charge on any atom is 0.356 e. The number of aromatic carboxylic acids is 1. The lowest BCUT2D eigenvalue weighted by atomic mass is 9.95. The van der Waals surface area contributed by atoms with Gasteiger partial charge in [0.2, 0.25) is 0 Å². The van der Waals surface area contributed by atoms with Crippen LogP contribution in [0.25, 0.3) is 22.5 Å². The number of allylic oxidation sites excluding steroid dienone is 4. The van der Waals surface area contributed by atoms with Crippen LogP contribution in [0.3, 0.4) is 0 Å². The van der Waals surface area contributed by atoms with E-state index >= 15 is 0 Å². The van der Waals surface area contributed by atoms with Gasteiger partial charge in [-0.05, 0) is 30.5 Å². The Morgan fingerprint density at radius 1 is 1.24 bits per heavy atom. The molecule has 0 atom stereocenters. The van der Waals surface area contributed by atoms with Gasteiger partial charge < -0.3 is 5.11 Å². The molecule has 2 heterocycles. The molecular weight excluding hydrogens is 338 g/mol. The normalized spacial score (nSPS) is 13.9. The Balaban J connectivity index is 2.02. The van der Waals surface area contributed by atoms with E-state index in [0.29, 0.717) is 10.7 Å². The first-order valence-corrected chi connectivity index (χ1v) is 8.25. The molecule has 5 nitrogen and oxygen atoms in total. The number of halogens is 1. The number of carbonyl (C=O) groups is 1. The quantitative estimate of drug-likeness (QED) is 0.755. The van der Waals surface area contributed by atoms with Gasteiger partial charge in [0.1, 0.15) is 0 Å². The topological polar surface area (TPSA) is 67.5 Å². The zero-order valence-corrected chi connectivity index (χ0v) is 13.9. The highest BCUT2D eigenvalue weighted by atomic mass is 35.5. The van der Waals surface area contributed by atoms with E-state index < -0.39 is 5.97 Å². The Bertz CT molecular complexity index is 1030. The molecule has 0 spiro atoms. The zero-order chi connectivity index (χ0) is 17.4. The second-order valence-electron chi connectivity index (χ2n) is 5.79. The van der Waals surface area contributed by atoms with E-state index in [9.17, 15) is 9.90 Å². The summed E-state index contributed by atoms with van der Waals surface area (Å²) < 4.78 is 1.60. The fraction of sp³-hybridized carbons (Fsp3) is 0.105. The van der Waals surface area contributed by atoms with Gasteiger partial charge >= 0.3 is 5.97 Å². The first kappa shape index (κ1) is 15.6. The van der Waals surface area contributed by atoms with Gasteiger partial charge in [0.15, 0.2) is 11.3 Å². The van der Waals surface area contributed by atoms with E-state index in [-0.39, 0.29) is 5.69 Å². The third-order valence-corrected chi connectivity index (χ3v) is 4.43. The third kappa shape index (κ3) is 2.83. The molecule has 1 N–H and O–H groups in total. The van der Waals surface area contributed by atoms with Gasteiger partial charge in [0.25, 0.3) is 0 Å². The molecule has 1 aliphatic rings. The lowest BCUT2D eigenvalue weighted by Crippen LogP contribution is -2.04. The fourth-order valence-electron chi connectivity index (χ4n) is 2.99. The Hall–Kier alpha value is -2.92. The van der Waals surface area contributed by atoms with E-state index in [4.69, 9.17) is 11.6 Å².